The van der Waals surface area contributed by atoms with Crippen LogP contribution in [0, 0.1) is 11.6 Å². The van der Waals surface area contributed by atoms with Crippen molar-refractivity contribution in [1.29, 1.82) is 0 Å². The first kappa shape index (κ1) is 22.7. The predicted octanol–water partition coefficient (Wildman–Crippen LogP) is 5.23. The van der Waals surface area contributed by atoms with Gasteiger partial charge in [-0.15, -0.1) is 0 Å². The van der Waals surface area contributed by atoms with E-state index in [1.807, 2.05) is 6.07 Å². The zero-order valence-electron chi connectivity index (χ0n) is 17.7. The molecular weight excluding hydrogens is 452 g/mol. The summed E-state index contributed by atoms with van der Waals surface area (Å²) in [7, 11) is 0. The van der Waals surface area contributed by atoms with Crippen LogP contribution in [-0.2, 0) is 11.3 Å². The first-order valence-corrected chi connectivity index (χ1v) is 10.8. The highest BCUT2D eigenvalue weighted by atomic mass is 35.5. The van der Waals surface area contributed by atoms with Crippen molar-refractivity contribution in [2.75, 3.05) is 0 Å². The van der Waals surface area contributed by atoms with Gasteiger partial charge in [-0.1, -0.05) is 30.7 Å². The molecule has 33 heavy (non-hydrogen) atoms. The Morgan fingerprint density at radius 2 is 1.97 bits per heavy atom. The normalized spacial score (nSPS) is 13.0. The summed E-state index contributed by atoms with van der Waals surface area (Å²) in [5, 5.41) is 13.4. The number of hydrogen-bond donors (Lipinski definition) is 1. The van der Waals surface area contributed by atoms with E-state index in [1.165, 1.54) is 16.8 Å². The molecule has 5 rings (SSSR count). The summed E-state index contributed by atoms with van der Waals surface area (Å²) in [6.45, 7) is 1.63. The van der Waals surface area contributed by atoms with Crippen LogP contribution < -0.4 is 0 Å². The minimum atomic E-state index is -0.895. The summed E-state index contributed by atoms with van der Waals surface area (Å²) in [5.74, 6) is -1.71. The topological polar surface area (TPSA) is 93.8 Å². The standard InChI is InChI=1S/C20H14ClF2N5.C3H6O2/c21-18-14(11-6-7-11)9-25-19(26-18)17-13-4-2-8-24-20(13)28(27-17)10-12-3-1-5-15(22)16(12)23;1-2-3(4)5/h1-5,8-9,11H,6-7,10H2;2H2,1H3,(H,4,5). The first-order valence-electron chi connectivity index (χ1n) is 10.4. The van der Waals surface area contributed by atoms with Gasteiger partial charge < -0.3 is 5.11 Å². The summed E-state index contributed by atoms with van der Waals surface area (Å²) >= 11 is 6.35. The number of halogens is 3. The highest BCUT2D eigenvalue weighted by molar-refractivity contribution is 6.30. The zero-order valence-corrected chi connectivity index (χ0v) is 18.4. The lowest BCUT2D eigenvalue weighted by Crippen LogP contribution is -2.06. The SMILES string of the molecule is CCC(=O)O.Fc1cccc(Cn2nc(-c3ncc(C4CC4)c(Cl)n3)c3cccnc32)c1F. The molecule has 7 nitrogen and oxygen atoms in total. The maximum Gasteiger partial charge on any atom is 0.303 e. The van der Waals surface area contributed by atoms with Gasteiger partial charge in [0.2, 0.25) is 0 Å². The second kappa shape index (κ2) is 9.58. The van der Waals surface area contributed by atoms with E-state index in [9.17, 15) is 13.6 Å². The molecule has 1 aliphatic rings. The van der Waals surface area contributed by atoms with Gasteiger partial charge in [-0.3, -0.25) is 4.79 Å². The van der Waals surface area contributed by atoms with Crippen molar-refractivity contribution in [3.8, 4) is 11.5 Å². The lowest BCUT2D eigenvalue weighted by Gasteiger charge is -2.05. The molecule has 0 atom stereocenters. The number of carboxylic acids is 1. The average Bonchev–Trinajstić information content (AvgIpc) is 3.59. The van der Waals surface area contributed by atoms with Crippen molar-refractivity contribution in [3.63, 3.8) is 0 Å². The molecule has 0 saturated heterocycles. The summed E-state index contributed by atoms with van der Waals surface area (Å²) < 4.78 is 29.2. The third-order valence-electron chi connectivity index (χ3n) is 5.16. The summed E-state index contributed by atoms with van der Waals surface area (Å²) in [4.78, 5) is 22.6. The lowest BCUT2D eigenvalue weighted by atomic mass is 10.2. The molecule has 1 N–H and O–H groups in total. The fourth-order valence-electron chi connectivity index (χ4n) is 3.27. The van der Waals surface area contributed by atoms with Crippen molar-refractivity contribution in [2.45, 2.75) is 38.6 Å². The third-order valence-corrected chi connectivity index (χ3v) is 5.46. The molecule has 1 fully saturated rings. The molecule has 0 bridgehead atoms. The molecule has 0 radical (unpaired) electrons. The monoisotopic (exact) mass is 471 g/mol. The number of rotatable bonds is 5. The fourth-order valence-corrected chi connectivity index (χ4v) is 3.55. The van der Waals surface area contributed by atoms with Gasteiger partial charge in [0.15, 0.2) is 23.1 Å². The number of nitrogens with zero attached hydrogens (tertiary/aromatic N) is 5. The minimum Gasteiger partial charge on any atom is -0.481 e. The Bertz CT molecular complexity index is 1320. The predicted molar refractivity (Wildman–Crippen MR) is 119 cm³/mol. The number of fused-ring (bicyclic) bond motifs is 1. The average molecular weight is 472 g/mol. The molecule has 3 heterocycles. The van der Waals surface area contributed by atoms with Gasteiger partial charge in [-0.05, 0) is 37.0 Å². The van der Waals surface area contributed by atoms with Crippen LogP contribution >= 0.6 is 11.6 Å². The molecule has 1 aromatic carbocycles. The lowest BCUT2D eigenvalue weighted by molar-refractivity contribution is -0.136. The van der Waals surface area contributed by atoms with Gasteiger partial charge >= 0.3 is 5.97 Å². The Labute approximate surface area is 193 Å². The van der Waals surface area contributed by atoms with Crippen LogP contribution in [0.1, 0.15) is 43.2 Å². The molecule has 0 amide bonds. The molecule has 0 aliphatic heterocycles. The molecule has 1 aliphatic carbocycles. The maximum atomic E-state index is 14.1. The zero-order chi connectivity index (χ0) is 23.5. The van der Waals surface area contributed by atoms with E-state index < -0.39 is 17.6 Å². The van der Waals surface area contributed by atoms with Gasteiger partial charge in [0.1, 0.15) is 10.8 Å². The second-order valence-corrected chi connectivity index (χ2v) is 7.91. The molecule has 10 heteroatoms. The van der Waals surface area contributed by atoms with Crippen molar-refractivity contribution < 1.29 is 18.7 Å². The van der Waals surface area contributed by atoms with Crippen molar-refractivity contribution in [1.82, 2.24) is 24.7 Å². The summed E-state index contributed by atoms with van der Waals surface area (Å²) in [6, 6.07) is 7.69. The van der Waals surface area contributed by atoms with Gasteiger partial charge in [-0.25, -0.2) is 28.4 Å². The highest BCUT2D eigenvalue weighted by Crippen LogP contribution is 2.42. The number of carbonyl (C=O) groups is 1. The molecule has 170 valence electrons. The molecule has 3 aromatic heterocycles. The van der Waals surface area contributed by atoms with Gasteiger partial charge in [0.25, 0.3) is 0 Å². The Morgan fingerprint density at radius 3 is 2.64 bits per heavy atom. The molecule has 0 unspecified atom stereocenters. The number of aliphatic carboxylic acids is 1. The van der Waals surface area contributed by atoms with E-state index in [0.29, 0.717) is 28.2 Å². The van der Waals surface area contributed by atoms with Crippen molar-refractivity contribution in [2.24, 2.45) is 0 Å². The molecular formula is C23H20ClF2N5O2. The first-order chi connectivity index (χ1) is 15.9. The van der Waals surface area contributed by atoms with E-state index in [-0.39, 0.29) is 18.5 Å². The van der Waals surface area contributed by atoms with Crippen molar-refractivity contribution >= 4 is 28.6 Å². The smallest absolute Gasteiger partial charge is 0.303 e. The van der Waals surface area contributed by atoms with E-state index in [1.54, 1.807) is 25.4 Å². The molecule has 1 saturated carbocycles. The van der Waals surface area contributed by atoms with Crippen LogP contribution in [0.15, 0.2) is 42.7 Å². The van der Waals surface area contributed by atoms with Crippen LogP contribution in [-0.4, -0.2) is 35.8 Å². The van der Waals surface area contributed by atoms with Gasteiger partial charge in [0, 0.05) is 29.9 Å². The van der Waals surface area contributed by atoms with E-state index in [4.69, 9.17) is 16.7 Å². The third kappa shape index (κ3) is 4.98. The Balaban J connectivity index is 0.000000471. The van der Waals surface area contributed by atoms with Gasteiger partial charge in [-0.2, -0.15) is 5.10 Å². The second-order valence-electron chi connectivity index (χ2n) is 7.56. The molecule has 4 aromatic rings. The Hall–Kier alpha value is -3.46. The Kier molecular flexibility index (Phi) is 6.60. The van der Waals surface area contributed by atoms with Crippen LogP contribution in [0.5, 0.6) is 0 Å². The number of aromatic nitrogens is 5. The van der Waals surface area contributed by atoms with E-state index >= 15 is 0 Å². The highest BCUT2D eigenvalue weighted by Gasteiger charge is 2.27. The number of pyridine rings is 1. The van der Waals surface area contributed by atoms with Gasteiger partial charge in [0.05, 0.1) is 11.9 Å². The van der Waals surface area contributed by atoms with Crippen molar-refractivity contribution in [3.05, 3.63) is 70.6 Å². The van der Waals surface area contributed by atoms with Crippen LogP contribution in [0.25, 0.3) is 22.6 Å². The van der Waals surface area contributed by atoms with E-state index in [0.717, 1.165) is 29.9 Å². The number of hydrogen-bond acceptors (Lipinski definition) is 5. The van der Waals surface area contributed by atoms with Crippen LogP contribution in [0.3, 0.4) is 0 Å². The van der Waals surface area contributed by atoms with E-state index in [2.05, 4.69) is 20.1 Å². The maximum absolute atomic E-state index is 14.1. The molecule has 0 spiro atoms. The number of carboxylic acid groups (broad SMARTS) is 1. The minimum absolute atomic E-state index is 0.0327. The summed E-state index contributed by atoms with van der Waals surface area (Å²) in [5.41, 5.74) is 2.18. The quantitative estimate of drug-likeness (QED) is 0.401. The largest absolute Gasteiger partial charge is 0.481 e. The fraction of sp³-hybridized carbons (Fsp3) is 0.261. The summed E-state index contributed by atoms with van der Waals surface area (Å²) in [6.07, 6.45) is 5.79. The van der Waals surface area contributed by atoms with Crippen LogP contribution in [0.4, 0.5) is 8.78 Å². The van der Waals surface area contributed by atoms with Crippen LogP contribution in [0.2, 0.25) is 5.15 Å². The number of benzene rings is 1. The Morgan fingerprint density at radius 1 is 1.21 bits per heavy atom.